The standard InChI is InChI=1S/C12H10.C11H18N.C9H13.C6H7Ge.CH3.Ti/c1-3-7-11(8-4-1)12-9-5-2-6-10-12;1-10-3-8-2-9(4-10)6-11(12,5-8)7-10;1-6-5-7(2)9(4)8(6)3;7-6-4-2-1-3-5-6;;/h1-10H;8-9,12H,2-7H2,1H3;6H,1-4H3;1-5H,7H2;1H3;/q;2*-1;;-1;+3. The normalized spacial score (nSPS) is 27.9. The van der Waals surface area contributed by atoms with Gasteiger partial charge in [-0.2, -0.15) is 11.1 Å². The molecule has 3 aromatic carbocycles. The molecule has 4 saturated carbocycles. The first kappa shape index (κ1) is 36.5. The molecule has 3 heteroatoms. The summed E-state index contributed by atoms with van der Waals surface area (Å²) in [6.45, 7) is 11.1. The van der Waals surface area contributed by atoms with Crippen LogP contribution >= 0.6 is 0 Å². The van der Waals surface area contributed by atoms with Crippen molar-refractivity contribution in [1.29, 1.82) is 0 Å². The number of hydrogen-bond donors (Lipinski definition) is 0. The molecule has 3 aromatic rings. The Labute approximate surface area is 281 Å². The van der Waals surface area contributed by atoms with Gasteiger partial charge in [-0.3, -0.25) is 6.08 Å². The number of rotatable bonds is 1. The fourth-order valence-corrected chi connectivity index (χ4v) is 8.19. The second-order valence-electron chi connectivity index (χ2n) is 13.1. The molecular weight excluding hydrogens is 603 g/mol. The monoisotopic (exact) mass is 655 g/mol. The third-order valence-corrected chi connectivity index (χ3v) is 10.3. The van der Waals surface area contributed by atoms with Gasteiger partial charge in [-0.05, 0) is 47.6 Å². The SMILES string of the molecule is CC12CC3CC(C1)CC([NH-])(C3)C2.CC1=[C-]C(C)C(C)=C1C.[CH3-].[GeH2][c]1ccccc1.[Ti+3].c1ccc(-c2ccccc2)cc1. The van der Waals surface area contributed by atoms with Crippen LogP contribution in [0.1, 0.15) is 73.1 Å². The maximum absolute atomic E-state index is 8.34. The van der Waals surface area contributed by atoms with Crippen molar-refractivity contribution in [2.45, 2.75) is 78.7 Å². The quantitative estimate of drug-likeness (QED) is 0.184. The number of allylic oxidation sites excluding steroid dienone is 4. The largest absolute Gasteiger partial charge is 3.00 e. The van der Waals surface area contributed by atoms with Crippen molar-refractivity contribution in [2.24, 2.45) is 23.2 Å². The predicted octanol–water partition coefficient (Wildman–Crippen LogP) is 9.87. The van der Waals surface area contributed by atoms with E-state index in [1.165, 1.54) is 87.3 Å². The summed E-state index contributed by atoms with van der Waals surface area (Å²) in [4.78, 5) is 0. The van der Waals surface area contributed by atoms with Crippen LogP contribution in [0.4, 0.5) is 0 Å². The molecule has 3 atom stereocenters. The summed E-state index contributed by atoms with van der Waals surface area (Å²) in [6.07, 6.45) is 11.3. The van der Waals surface area contributed by atoms with Gasteiger partial charge in [0.05, 0.1) is 0 Å². The van der Waals surface area contributed by atoms with Gasteiger partial charge < -0.3 is 13.2 Å². The Morgan fingerprint density at radius 2 is 1.17 bits per heavy atom. The Morgan fingerprint density at radius 3 is 1.43 bits per heavy atom. The van der Waals surface area contributed by atoms with Crippen LogP contribution in [-0.2, 0) is 21.7 Å². The van der Waals surface area contributed by atoms with E-state index < -0.39 is 0 Å². The van der Waals surface area contributed by atoms with Gasteiger partial charge in [0.15, 0.2) is 0 Å². The Hall–Kier alpha value is -1.64. The van der Waals surface area contributed by atoms with Gasteiger partial charge in [0.2, 0.25) is 0 Å². The van der Waals surface area contributed by atoms with Gasteiger partial charge in [0.1, 0.15) is 0 Å². The van der Waals surface area contributed by atoms with E-state index in [0.717, 1.165) is 11.8 Å². The smallest absolute Gasteiger partial charge is 0.0622 e. The Kier molecular flexibility index (Phi) is 14.3. The topological polar surface area (TPSA) is 23.8 Å². The van der Waals surface area contributed by atoms with Gasteiger partial charge in [-0.1, -0.05) is 114 Å². The predicted molar refractivity (Wildman–Crippen MR) is 183 cm³/mol. The first-order valence-electron chi connectivity index (χ1n) is 15.1. The Morgan fingerprint density at radius 1 is 0.738 bits per heavy atom. The molecule has 0 saturated heterocycles. The van der Waals surface area contributed by atoms with E-state index in [1.807, 2.05) is 18.2 Å². The summed E-state index contributed by atoms with van der Waals surface area (Å²) in [5.74, 6) is 2.41. The summed E-state index contributed by atoms with van der Waals surface area (Å²) in [7, 11) is 0. The summed E-state index contributed by atoms with van der Waals surface area (Å²) in [5, 5.41) is 0. The summed E-state index contributed by atoms with van der Waals surface area (Å²) < 4.78 is 1.45. The summed E-state index contributed by atoms with van der Waals surface area (Å²) in [6, 6.07) is 31.2. The average Bonchev–Trinajstić information content (AvgIpc) is 3.14. The Balaban J connectivity index is 0.000000197. The van der Waals surface area contributed by atoms with Crippen molar-refractivity contribution in [2.75, 3.05) is 0 Å². The second-order valence-corrected chi connectivity index (χ2v) is 14.8. The fourth-order valence-electron chi connectivity index (χ4n) is 7.62. The zero-order valence-corrected chi connectivity index (χ0v) is 31.4. The van der Waals surface area contributed by atoms with E-state index in [-0.39, 0.29) is 34.7 Å². The van der Waals surface area contributed by atoms with Crippen molar-refractivity contribution >= 4 is 20.9 Å². The van der Waals surface area contributed by atoms with Crippen molar-refractivity contribution in [3.05, 3.63) is 127 Å². The molecule has 220 valence electrons. The van der Waals surface area contributed by atoms with Crippen molar-refractivity contribution in [3.8, 4) is 11.1 Å². The van der Waals surface area contributed by atoms with E-state index in [4.69, 9.17) is 5.73 Å². The van der Waals surface area contributed by atoms with Crippen LogP contribution in [0.25, 0.3) is 16.9 Å². The molecule has 0 aliphatic heterocycles. The first-order valence-corrected chi connectivity index (χ1v) is 16.5. The van der Waals surface area contributed by atoms with E-state index in [2.05, 4.69) is 113 Å². The molecule has 4 fully saturated rings. The number of nitrogens with one attached hydrogen (secondary N) is 1. The first-order chi connectivity index (χ1) is 19.1. The molecular formula is C39H51GeNTi. The van der Waals surface area contributed by atoms with E-state index >= 15 is 0 Å². The van der Waals surface area contributed by atoms with Gasteiger partial charge in [0.25, 0.3) is 0 Å². The van der Waals surface area contributed by atoms with Gasteiger partial charge in [-0.15, -0.1) is 12.5 Å². The molecule has 0 amide bonds. The Bertz CT molecular complexity index is 1210. The van der Waals surface area contributed by atoms with E-state index in [9.17, 15) is 0 Å². The third kappa shape index (κ3) is 10.2. The number of benzene rings is 3. The number of hydrogen-bond acceptors (Lipinski definition) is 0. The van der Waals surface area contributed by atoms with Crippen LogP contribution in [0, 0.1) is 36.7 Å². The third-order valence-electron chi connectivity index (χ3n) is 9.31. The summed E-state index contributed by atoms with van der Waals surface area (Å²) in [5.41, 5.74) is 15.7. The maximum atomic E-state index is 8.34. The molecule has 3 unspecified atom stereocenters. The van der Waals surface area contributed by atoms with Gasteiger partial charge in [0, 0.05) is 0 Å². The molecule has 2 radical (unpaired) electrons. The van der Waals surface area contributed by atoms with Crippen molar-refractivity contribution < 1.29 is 21.7 Å². The van der Waals surface area contributed by atoms with E-state index in [0.29, 0.717) is 11.3 Å². The minimum atomic E-state index is 0. The molecule has 0 spiro atoms. The molecule has 5 aliphatic carbocycles. The molecule has 0 heterocycles. The molecule has 5 aliphatic rings. The average molecular weight is 654 g/mol. The molecule has 4 bridgehead atoms. The zero-order chi connectivity index (χ0) is 28.8. The molecule has 8 rings (SSSR count). The maximum Gasteiger partial charge on any atom is 3.00 e. The molecule has 1 nitrogen and oxygen atoms in total. The van der Waals surface area contributed by atoms with Crippen LogP contribution in [0.5, 0.6) is 0 Å². The minimum Gasteiger partial charge on any atom is -0.0622 e. The minimum absolute atomic E-state index is 0. The fraction of sp³-hybridized carbons (Fsp3) is 0.410. The van der Waals surface area contributed by atoms with Crippen LogP contribution < -0.4 is 4.40 Å². The van der Waals surface area contributed by atoms with Crippen LogP contribution in [0.15, 0.2) is 108 Å². The van der Waals surface area contributed by atoms with E-state index in [1.54, 1.807) is 0 Å². The van der Waals surface area contributed by atoms with Gasteiger partial charge in [-0.25, -0.2) is 5.57 Å². The second kappa shape index (κ2) is 16.4. The van der Waals surface area contributed by atoms with Gasteiger partial charge >= 0.3 is 73.0 Å². The van der Waals surface area contributed by atoms with Crippen LogP contribution in [0.3, 0.4) is 0 Å². The van der Waals surface area contributed by atoms with Crippen LogP contribution in [0.2, 0.25) is 0 Å². The molecule has 42 heavy (non-hydrogen) atoms. The van der Waals surface area contributed by atoms with Crippen molar-refractivity contribution in [3.63, 3.8) is 0 Å². The summed E-state index contributed by atoms with van der Waals surface area (Å²) >= 11 is 1.26. The van der Waals surface area contributed by atoms with Crippen molar-refractivity contribution in [1.82, 2.24) is 0 Å². The molecule has 0 aromatic heterocycles. The van der Waals surface area contributed by atoms with Crippen LogP contribution in [-0.4, -0.2) is 22.1 Å². The molecule has 1 N–H and O–H groups in total. The zero-order valence-electron chi connectivity index (χ0n) is 26.8.